The monoisotopic (exact) mass is 258 g/mol. The fraction of sp³-hybridized carbons (Fsp3) is 0.267. The Morgan fingerprint density at radius 2 is 1.95 bits per heavy atom. The van der Waals surface area contributed by atoms with Crippen molar-refractivity contribution < 1.29 is 9.90 Å². The van der Waals surface area contributed by atoms with E-state index in [-0.39, 0.29) is 12.5 Å². The molecule has 4 heteroatoms. The number of hydrogen-bond acceptors (Lipinski definition) is 3. The highest BCUT2D eigenvalue weighted by atomic mass is 16.3. The van der Waals surface area contributed by atoms with Crippen LogP contribution in [0.2, 0.25) is 0 Å². The van der Waals surface area contributed by atoms with Gasteiger partial charge in [0.2, 0.25) is 5.91 Å². The molecule has 0 radical (unpaired) electrons. The lowest BCUT2D eigenvalue weighted by Crippen LogP contribution is -2.40. The van der Waals surface area contributed by atoms with E-state index in [0.29, 0.717) is 0 Å². The number of aliphatic hydroxyl groups is 1. The van der Waals surface area contributed by atoms with Crippen molar-refractivity contribution in [3.8, 4) is 0 Å². The molecule has 2 rings (SSSR count). The smallest absolute Gasteiger partial charge is 0.236 e. The zero-order valence-corrected chi connectivity index (χ0v) is 10.8. The topological polar surface area (TPSA) is 75.4 Å². The number of carbonyl (C=O) groups excluding carboxylic acids is 1. The highest BCUT2D eigenvalue weighted by Gasteiger charge is 2.12. The molecule has 0 spiro atoms. The molecule has 0 saturated carbocycles. The fourth-order valence-electron chi connectivity index (χ4n) is 1.89. The van der Waals surface area contributed by atoms with Crippen LogP contribution >= 0.6 is 0 Å². The van der Waals surface area contributed by atoms with Crippen LogP contribution in [0.5, 0.6) is 0 Å². The average Bonchev–Trinajstić information content (AvgIpc) is 2.43. The molecule has 0 aliphatic rings. The summed E-state index contributed by atoms with van der Waals surface area (Å²) in [5.41, 5.74) is 6.22. The number of nitrogens with two attached hydrogens (primary N) is 1. The number of rotatable bonds is 4. The Labute approximate surface area is 112 Å². The van der Waals surface area contributed by atoms with E-state index in [2.05, 4.69) is 5.32 Å². The van der Waals surface area contributed by atoms with Gasteiger partial charge in [-0.15, -0.1) is 0 Å². The van der Waals surface area contributed by atoms with Gasteiger partial charge in [-0.25, -0.2) is 0 Å². The van der Waals surface area contributed by atoms with Crippen molar-refractivity contribution in [2.75, 3.05) is 6.54 Å². The van der Waals surface area contributed by atoms with E-state index in [1.807, 2.05) is 42.5 Å². The lowest BCUT2D eigenvalue weighted by atomic mass is 10.0. The Morgan fingerprint density at radius 1 is 1.26 bits per heavy atom. The second kappa shape index (κ2) is 5.82. The van der Waals surface area contributed by atoms with Gasteiger partial charge in [-0.3, -0.25) is 4.79 Å². The molecule has 1 amide bonds. The highest BCUT2D eigenvalue weighted by Crippen LogP contribution is 2.19. The van der Waals surface area contributed by atoms with Gasteiger partial charge in [0.25, 0.3) is 0 Å². The quantitative estimate of drug-likeness (QED) is 0.774. The molecule has 0 aliphatic carbocycles. The third-order valence-corrected chi connectivity index (χ3v) is 3.04. The first kappa shape index (κ1) is 13.5. The van der Waals surface area contributed by atoms with Crippen LogP contribution in [0.15, 0.2) is 42.5 Å². The minimum atomic E-state index is -0.729. The zero-order valence-electron chi connectivity index (χ0n) is 10.8. The molecule has 4 nitrogen and oxygen atoms in total. The summed E-state index contributed by atoms with van der Waals surface area (Å²) < 4.78 is 0. The number of benzene rings is 2. The Morgan fingerprint density at radius 3 is 2.63 bits per heavy atom. The third-order valence-electron chi connectivity index (χ3n) is 3.04. The maximum absolute atomic E-state index is 11.3. The summed E-state index contributed by atoms with van der Waals surface area (Å²) >= 11 is 0. The first-order valence-corrected chi connectivity index (χ1v) is 6.28. The van der Waals surface area contributed by atoms with Crippen molar-refractivity contribution in [3.05, 3.63) is 48.0 Å². The molecule has 1 unspecified atom stereocenters. The Kier molecular flexibility index (Phi) is 4.14. The molecule has 0 aromatic heterocycles. The summed E-state index contributed by atoms with van der Waals surface area (Å²) in [6.07, 6.45) is -0.729. The lowest BCUT2D eigenvalue weighted by molar-refractivity contribution is -0.122. The maximum Gasteiger partial charge on any atom is 0.236 e. The molecule has 0 aliphatic heterocycles. The summed E-state index contributed by atoms with van der Waals surface area (Å²) in [5.74, 6) is -0.264. The molecule has 0 fully saturated rings. The molecular formula is C15H18N2O2. The number of amides is 1. The van der Waals surface area contributed by atoms with Crippen molar-refractivity contribution in [1.29, 1.82) is 0 Å². The molecule has 4 N–H and O–H groups in total. The van der Waals surface area contributed by atoms with Gasteiger partial charge in [0.15, 0.2) is 0 Å². The van der Waals surface area contributed by atoms with Crippen LogP contribution in [-0.2, 0) is 4.79 Å². The van der Waals surface area contributed by atoms with Crippen molar-refractivity contribution >= 4 is 16.7 Å². The van der Waals surface area contributed by atoms with Gasteiger partial charge < -0.3 is 16.2 Å². The third kappa shape index (κ3) is 3.30. The molecule has 0 heterocycles. The summed E-state index contributed by atoms with van der Waals surface area (Å²) in [6, 6.07) is 13.1. The van der Waals surface area contributed by atoms with E-state index in [0.717, 1.165) is 16.3 Å². The Hall–Kier alpha value is -1.91. The van der Waals surface area contributed by atoms with E-state index < -0.39 is 12.1 Å². The SMILES string of the molecule is C[C@@H](N)C(=O)NCC(O)c1ccc2ccccc2c1. The zero-order chi connectivity index (χ0) is 13.8. The summed E-state index contributed by atoms with van der Waals surface area (Å²) in [5, 5.41) is 14.9. The van der Waals surface area contributed by atoms with Crippen LogP contribution in [-0.4, -0.2) is 23.6 Å². The highest BCUT2D eigenvalue weighted by molar-refractivity contribution is 5.83. The van der Waals surface area contributed by atoms with Crippen LogP contribution in [0.4, 0.5) is 0 Å². The Balaban J connectivity index is 2.08. The fourth-order valence-corrected chi connectivity index (χ4v) is 1.89. The van der Waals surface area contributed by atoms with Crippen LogP contribution in [0.25, 0.3) is 10.8 Å². The van der Waals surface area contributed by atoms with E-state index in [4.69, 9.17) is 5.73 Å². The molecule has 100 valence electrons. The van der Waals surface area contributed by atoms with E-state index in [1.54, 1.807) is 6.92 Å². The molecule has 19 heavy (non-hydrogen) atoms. The first-order chi connectivity index (χ1) is 9.08. The van der Waals surface area contributed by atoms with Crippen LogP contribution in [0.1, 0.15) is 18.6 Å². The van der Waals surface area contributed by atoms with E-state index in [9.17, 15) is 9.90 Å². The molecule has 2 aromatic carbocycles. The van der Waals surface area contributed by atoms with Gasteiger partial charge in [-0.1, -0.05) is 36.4 Å². The van der Waals surface area contributed by atoms with Gasteiger partial charge >= 0.3 is 0 Å². The molecule has 2 aromatic rings. The molecule has 0 bridgehead atoms. The number of carbonyl (C=O) groups is 1. The van der Waals surface area contributed by atoms with Gasteiger partial charge in [0, 0.05) is 6.54 Å². The minimum Gasteiger partial charge on any atom is -0.387 e. The largest absolute Gasteiger partial charge is 0.387 e. The summed E-state index contributed by atoms with van der Waals surface area (Å²) in [6.45, 7) is 1.77. The molecular weight excluding hydrogens is 240 g/mol. The number of fused-ring (bicyclic) bond motifs is 1. The van der Waals surface area contributed by atoms with Crippen molar-refractivity contribution in [2.24, 2.45) is 5.73 Å². The number of hydrogen-bond donors (Lipinski definition) is 3. The molecule has 0 saturated heterocycles. The predicted molar refractivity (Wildman–Crippen MR) is 75.6 cm³/mol. The summed E-state index contributed by atoms with van der Waals surface area (Å²) in [4.78, 5) is 11.3. The van der Waals surface area contributed by atoms with Crippen molar-refractivity contribution in [1.82, 2.24) is 5.32 Å². The summed E-state index contributed by atoms with van der Waals surface area (Å²) in [7, 11) is 0. The maximum atomic E-state index is 11.3. The van der Waals surface area contributed by atoms with Gasteiger partial charge in [0.05, 0.1) is 12.1 Å². The predicted octanol–water partition coefficient (Wildman–Crippen LogP) is 1.34. The van der Waals surface area contributed by atoms with E-state index >= 15 is 0 Å². The van der Waals surface area contributed by atoms with Crippen LogP contribution in [0.3, 0.4) is 0 Å². The van der Waals surface area contributed by atoms with Crippen LogP contribution < -0.4 is 11.1 Å². The van der Waals surface area contributed by atoms with Crippen molar-refractivity contribution in [2.45, 2.75) is 19.1 Å². The van der Waals surface area contributed by atoms with Crippen molar-refractivity contribution in [3.63, 3.8) is 0 Å². The second-order valence-electron chi connectivity index (χ2n) is 4.66. The van der Waals surface area contributed by atoms with Crippen LogP contribution in [0, 0.1) is 0 Å². The van der Waals surface area contributed by atoms with E-state index in [1.165, 1.54) is 0 Å². The van der Waals surface area contributed by atoms with Gasteiger partial charge in [-0.05, 0) is 29.3 Å². The molecule has 2 atom stereocenters. The number of aliphatic hydroxyl groups excluding tert-OH is 1. The second-order valence-corrected chi connectivity index (χ2v) is 4.66. The standard InChI is InChI=1S/C15H18N2O2/c1-10(16)15(19)17-9-14(18)13-7-6-11-4-2-3-5-12(11)8-13/h2-8,10,14,18H,9,16H2,1H3,(H,17,19)/t10-,14?/m1/s1. The van der Waals surface area contributed by atoms with Gasteiger partial charge in [-0.2, -0.15) is 0 Å². The minimum absolute atomic E-state index is 0.165. The number of nitrogens with one attached hydrogen (secondary N) is 1. The Bertz CT molecular complexity index is 581. The lowest BCUT2D eigenvalue weighted by Gasteiger charge is -2.14. The normalized spacial score (nSPS) is 14.1. The average molecular weight is 258 g/mol. The first-order valence-electron chi connectivity index (χ1n) is 6.28. The van der Waals surface area contributed by atoms with Gasteiger partial charge in [0.1, 0.15) is 0 Å².